The van der Waals surface area contributed by atoms with Gasteiger partial charge >= 0.3 is 11.9 Å². The van der Waals surface area contributed by atoms with E-state index in [0.29, 0.717) is 6.61 Å². The van der Waals surface area contributed by atoms with E-state index in [1.165, 1.54) is 89.9 Å². The number of esters is 2. The van der Waals surface area contributed by atoms with Gasteiger partial charge in [0.1, 0.15) is 11.4 Å². The molecule has 35 heavy (non-hydrogen) atoms. The van der Waals surface area contributed by atoms with Gasteiger partial charge in [-0.25, -0.2) is 14.6 Å². The first-order chi connectivity index (χ1) is 17.1. The third kappa shape index (κ3) is 16.4. The van der Waals surface area contributed by atoms with Gasteiger partial charge in [-0.2, -0.15) is 0 Å². The predicted molar refractivity (Wildman–Crippen MR) is 144 cm³/mol. The maximum Gasteiger partial charge on any atom is 0.357 e. The molecule has 0 aliphatic heterocycles. The Bertz CT molecular complexity index is 676. The van der Waals surface area contributed by atoms with Crippen LogP contribution in [0.25, 0.3) is 0 Å². The lowest BCUT2D eigenvalue weighted by Crippen LogP contribution is -2.17. The number of carbonyl (C=O) groups excluding carboxylic acids is 2. The molecule has 0 amide bonds. The van der Waals surface area contributed by atoms with Gasteiger partial charge in [-0.15, -0.1) is 0 Å². The molecule has 0 aliphatic carbocycles. The molecule has 5 heteroatoms. The summed E-state index contributed by atoms with van der Waals surface area (Å²) in [5.74, 6) is -0.986. The van der Waals surface area contributed by atoms with Gasteiger partial charge in [0.15, 0.2) is 0 Å². The van der Waals surface area contributed by atoms with Gasteiger partial charge in [0, 0.05) is 0 Å². The summed E-state index contributed by atoms with van der Waals surface area (Å²) in [5, 5.41) is 0. The predicted octanol–water partition coefficient (Wildman–Crippen LogP) is 8.85. The van der Waals surface area contributed by atoms with E-state index in [9.17, 15) is 9.59 Å². The second-order valence-corrected chi connectivity index (χ2v) is 9.85. The fourth-order valence-electron chi connectivity index (χ4n) is 4.26. The Morgan fingerprint density at radius 3 is 1.63 bits per heavy atom. The highest BCUT2D eigenvalue weighted by molar-refractivity contribution is 5.91. The van der Waals surface area contributed by atoms with Crippen LogP contribution in [0.1, 0.15) is 157 Å². The quantitative estimate of drug-likeness (QED) is 0.120. The Kier molecular flexibility index (Phi) is 19.0. The van der Waals surface area contributed by atoms with E-state index in [1.54, 1.807) is 18.2 Å². The first kappa shape index (κ1) is 31.1. The Morgan fingerprint density at radius 2 is 1.14 bits per heavy atom. The van der Waals surface area contributed by atoms with Crippen molar-refractivity contribution >= 4 is 11.9 Å². The second-order valence-electron chi connectivity index (χ2n) is 9.85. The molecule has 0 aliphatic rings. The number of hydrogen-bond donors (Lipinski definition) is 0. The summed E-state index contributed by atoms with van der Waals surface area (Å²) >= 11 is 0. The van der Waals surface area contributed by atoms with E-state index < -0.39 is 11.9 Å². The van der Waals surface area contributed by atoms with Crippen molar-refractivity contribution in [2.75, 3.05) is 6.61 Å². The van der Waals surface area contributed by atoms with E-state index in [2.05, 4.69) is 11.9 Å². The van der Waals surface area contributed by atoms with Crippen LogP contribution in [0.5, 0.6) is 0 Å². The standard InChI is InChI=1S/C30H51NO4/c1-4-6-7-8-9-10-11-12-13-14-15-16-17-18-19-20-25-34-29(32)27-23-21-24-28(31-27)30(33)35-26(3)22-5-2/h21,23-24,26H,4-20,22,25H2,1-3H3. The van der Waals surface area contributed by atoms with Crippen molar-refractivity contribution in [2.45, 2.75) is 142 Å². The molecular formula is C30H51NO4. The Hall–Kier alpha value is -1.91. The largest absolute Gasteiger partial charge is 0.461 e. The minimum atomic E-state index is -0.501. The van der Waals surface area contributed by atoms with Crippen molar-refractivity contribution in [2.24, 2.45) is 0 Å². The summed E-state index contributed by atoms with van der Waals surface area (Å²) in [6, 6.07) is 4.77. The third-order valence-corrected chi connectivity index (χ3v) is 6.40. The van der Waals surface area contributed by atoms with Crippen LogP contribution in [0.3, 0.4) is 0 Å². The molecule has 1 aromatic heterocycles. The third-order valence-electron chi connectivity index (χ3n) is 6.40. The molecule has 1 rings (SSSR count). The fourth-order valence-corrected chi connectivity index (χ4v) is 4.26. The van der Waals surface area contributed by atoms with E-state index in [0.717, 1.165) is 25.7 Å². The van der Waals surface area contributed by atoms with Crippen LogP contribution in [-0.4, -0.2) is 29.6 Å². The minimum Gasteiger partial charge on any atom is -0.461 e. The topological polar surface area (TPSA) is 65.5 Å². The molecule has 0 radical (unpaired) electrons. The maximum absolute atomic E-state index is 12.3. The summed E-state index contributed by atoms with van der Waals surface area (Å²) < 4.78 is 10.7. The normalized spacial score (nSPS) is 11.9. The SMILES string of the molecule is CCCCCCCCCCCCCCCCCCOC(=O)c1cccc(C(=O)OC(C)CCC)n1. The van der Waals surface area contributed by atoms with Crippen LogP contribution in [0, 0.1) is 0 Å². The molecule has 0 aromatic carbocycles. The number of pyridine rings is 1. The summed E-state index contributed by atoms with van der Waals surface area (Å²) in [7, 11) is 0. The van der Waals surface area contributed by atoms with Crippen molar-refractivity contribution in [3.63, 3.8) is 0 Å². The van der Waals surface area contributed by atoms with Crippen LogP contribution in [0.2, 0.25) is 0 Å². The molecule has 1 aromatic rings. The van der Waals surface area contributed by atoms with Crippen LogP contribution in [-0.2, 0) is 9.47 Å². The molecule has 0 spiro atoms. The van der Waals surface area contributed by atoms with Crippen molar-refractivity contribution in [1.82, 2.24) is 4.98 Å². The molecule has 1 heterocycles. The van der Waals surface area contributed by atoms with Gasteiger partial charge in [-0.1, -0.05) is 123 Å². The average Bonchev–Trinajstić information content (AvgIpc) is 2.86. The van der Waals surface area contributed by atoms with E-state index in [-0.39, 0.29) is 17.5 Å². The van der Waals surface area contributed by atoms with Crippen LogP contribution in [0.4, 0.5) is 0 Å². The van der Waals surface area contributed by atoms with Gasteiger partial charge in [0.05, 0.1) is 12.7 Å². The first-order valence-electron chi connectivity index (χ1n) is 14.4. The molecule has 1 unspecified atom stereocenters. The molecule has 0 bridgehead atoms. The number of rotatable bonds is 22. The van der Waals surface area contributed by atoms with Crippen molar-refractivity contribution < 1.29 is 19.1 Å². The van der Waals surface area contributed by atoms with Gasteiger partial charge in [0.25, 0.3) is 0 Å². The van der Waals surface area contributed by atoms with Gasteiger partial charge in [-0.3, -0.25) is 0 Å². The summed E-state index contributed by atoms with van der Waals surface area (Å²) in [4.78, 5) is 28.6. The van der Waals surface area contributed by atoms with Crippen molar-refractivity contribution in [3.05, 3.63) is 29.6 Å². The zero-order valence-corrected chi connectivity index (χ0v) is 22.8. The van der Waals surface area contributed by atoms with E-state index >= 15 is 0 Å². The summed E-state index contributed by atoms with van der Waals surface area (Å²) in [5.41, 5.74) is 0.295. The van der Waals surface area contributed by atoms with Crippen molar-refractivity contribution in [3.8, 4) is 0 Å². The monoisotopic (exact) mass is 489 g/mol. The number of unbranched alkanes of at least 4 members (excludes halogenated alkanes) is 15. The Balaban J connectivity index is 2.01. The maximum atomic E-state index is 12.3. The zero-order valence-electron chi connectivity index (χ0n) is 22.8. The highest BCUT2D eigenvalue weighted by Gasteiger charge is 2.16. The molecule has 0 saturated heterocycles. The number of carbonyl (C=O) groups is 2. The van der Waals surface area contributed by atoms with Gasteiger partial charge < -0.3 is 9.47 Å². The highest BCUT2D eigenvalue weighted by Crippen LogP contribution is 2.14. The zero-order chi connectivity index (χ0) is 25.6. The summed E-state index contributed by atoms with van der Waals surface area (Å²) in [6.07, 6.45) is 22.6. The highest BCUT2D eigenvalue weighted by atomic mass is 16.5. The Morgan fingerprint density at radius 1 is 0.686 bits per heavy atom. The number of ether oxygens (including phenoxy) is 2. The molecule has 1 atom stereocenters. The van der Waals surface area contributed by atoms with E-state index in [4.69, 9.17) is 9.47 Å². The minimum absolute atomic E-state index is 0.143. The molecular weight excluding hydrogens is 438 g/mol. The summed E-state index contributed by atoms with van der Waals surface area (Å²) in [6.45, 7) is 6.56. The number of hydrogen-bond acceptors (Lipinski definition) is 5. The van der Waals surface area contributed by atoms with Crippen LogP contribution < -0.4 is 0 Å². The Labute approximate surface area is 214 Å². The lowest BCUT2D eigenvalue weighted by atomic mass is 10.0. The average molecular weight is 490 g/mol. The second kappa shape index (κ2) is 21.4. The smallest absolute Gasteiger partial charge is 0.357 e. The number of aromatic nitrogens is 1. The van der Waals surface area contributed by atoms with Gasteiger partial charge in [-0.05, 0) is 31.9 Å². The molecule has 200 valence electrons. The van der Waals surface area contributed by atoms with E-state index in [1.807, 2.05) is 13.8 Å². The van der Waals surface area contributed by atoms with Crippen molar-refractivity contribution in [1.29, 1.82) is 0 Å². The molecule has 0 saturated carbocycles. The molecule has 0 N–H and O–H groups in total. The number of nitrogens with zero attached hydrogens (tertiary/aromatic N) is 1. The molecule has 5 nitrogen and oxygen atoms in total. The lowest BCUT2D eigenvalue weighted by Gasteiger charge is -2.12. The van der Waals surface area contributed by atoms with Crippen LogP contribution >= 0.6 is 0 Å². The van der Waals surface area contributed by atoms with Crippen LogP contribution in [0.15, 0.2) is 18.2 Å². The van der Waals surface area contributed by atoms with Gasteiger partial charge in [0.2, 0.25) is 0 Å². The molecule has 0 fully saturated rings. The lowest BCUT2D eigenvalue weighted by molar-refractivity contribution is 0.0316. The fraction of sp³-hybridized carbons (Fsp3) is 0.767. The first-order valence-corrected chi connectivity index (χ1v) is 14.4.